The molecule has 3 rings (SSSR count). The molecule has 0 amide bonds. The molecule has 8 heteroatoms. The van der Waals surface area contributed by atoms with Crippen molar-refractivity contribution in [1.29, 1.82) is 0 Å². The molecule has 1 atom stereocenters. The molecule has 0 fully saturated rings. The van der Waals surface area contributed by atoms with Crippen molar-refractivity contribution in [2.45, 2.75) is 13.8 Å². The molecule has 1 unspecified atom stereocenters. The number of aromatic carboxylic acids is 1. The van der Waals surface area contributed by atoms with Crippen LogP contribution in [0.25, 0.3) is 10.4 Å². The largest absolute Gasteiger partial charge is 0.755 e. The Bertz CT molecular complexity index is 1010. The van der Waals surface area contributed by atoms with Crippen LogP contribution in [0.2, 0.25) is 0 Å². The molecule has 28 heavy (non-hydrogen) atoms. The number of carboxylic acids is 1. The van der Waals surface area contributed by atoms with Crippen LogP contribution in [-0.2, 0) is 11.3 Å². The molecule has 2 aromatic carbocycles. The van der Waals surface area contributed by atoms with E-state index in [0.29, 0.717) is 22.9 Å². The van der Waals surface area contributed by atoms with E-state index in [1.165, 1.54) is 0 Å². The van der Waals surface area contributed by atoms with Gasteiger partial charge in [-0.25, -0.2) is 4.79 Å². The average Bonchev–Trinajstić information content (AvgIpc) is 3.09. The molecular weight excluding hydrogens is 398 g/mol. The molecular formula is C20H18NO5S2-. The van der Waals surface area contributed by atoms with Crippen molar-refractivity contribution in [2.24, 2.45) is 0 Å². The Hall–Kier alpha value is -2.68. The third-order valence-corrected chi connectivity index (χ3v) is 5.91. The summed E-state index contributed by atoms with van der Waals surface area (Å²) in [6.07, 6.45) is 0. The molecule has 146 valence electrons. The zero-order valence-electron chi connectivity index (χ0n) is 15.2. The smallest absolute Gasteiger partial charge is 0.348 e. The van der Waals surface area contributed by atoms with Crippen LogP contribution in [0.5, 0.6) is 5.75 Å². The second kappa shape index (κ2) is 8.55. The first kappa shape index (κ1) is 20.1. The number of nitrogens with zero attached hydrogens (tertiary/aromatic N) is 1. The fourth-order valence-electron chi connectivity index (χ4n) is 2.79. The molecule has 0 saturated heterocycles. The van der Waals surface area contributed by atoms with Crippen LogP contribution in [-0.4, -0.2) is 26.4 Å². The van der Waals surface area contributed by atoms with Crippen LogP contribution in [0.1, 0.15) is 22.2 Å². The first-order valence-corrected chi connectivity index (χ1v) is 10.3. The highest BCUT2D eigenvalue weighted by Gasteiger charge is 2.24. The number of hydrogen-bond donors (Lipinski definition) is 1. The van der Waals surface area contributed by atoms with Crippen LogP contribution in [0.15, 0.2) is 54.6 Å². The quantitative estimate of drug-likeness (QED) is 0.561. The molecule has 3 aromatic rings. The molecule has 0 aliphatic rings. The maximum absolute atomic E-state index is 12.0. The first-order valence-electron chi connectivity index (χ1n) is 8.48. The highest BCUT2D eigenvalue weighted by molar-refractivity contribution is 7.81. The summed E-state index contributed by atoms with van der Waals surface area (Å²) < 4.78 is 30.5. The van der Waals surface area contributed by atoms with E-state index in [9.17, 15) is 18.7 Å². The fourth-order valence-corrected chi connectivity index (χ4v) is 4.51. The van der Waals surface area contributed by atoms with Gasteiger partial charge in [0.15, 0.2) is 0 Å². The predicted molar refractivity (Wildman–Crippen MR) is 110 cm³/mol. The molecule has 1 N–H and O–H groups in total. The SMILES string of the molecule is CCOc1ccc(-c2cc(N(c3ccccc3C)S(=O)[O-])c(C(=O)O)s2)cc1. The standard InChI is InChI=1S/C20H19NO5S2/c1-3-26-15-10-8-14(9-11-15)18-12-17(19(27-18)20(22)23)21(28(24)25)16-7-5-4-6-13(16)2/h4-12H,3H2,1-2H3,(H,22,23)(H,24,25)/p-1. The lowest BCUT2D eigenvalue weighted by Crippen LogP contribution is -2.21. The van der Waals surface area contributed by atoms with E-state index in [-0.39, 0.29) is 10.6 Å². The number of rotatable bonds is 7. The normalized spacial score (nSPS) is 11.8. The fraction of sp³-hybridized carbons (Fsp3) is 0.150. The number of carbonyl (C=O) groups is 1. The Morgan fingerprint density at radius 3 is 2.43 bits per heavy atom. The Labute approximate surface area is 169 Å². The molecule has 1 aromatic heterocycles. The summed E-state index contributed by atoms with van der Waals surface area (Å²) in [5, 5.41) is 9.65. The van der Waals surface area contributed by atoms with Crippen molar-refractivity contribution in [2.75, 3.05) is 10.9 Å². The topological polar surface area (TPSA) is 89.9 Å². The Morgan fingerprint density at radius 2 is 1.86 bits per heavy atom. The van der Waals surface area contributed by atoms with Crippen LogP contribution >= 0.6 is 11.3 Å². The lowest BCUT2D eigenvalue weighted by Gasteiger charge is -2.27. The number of ether oxygens (including phenoxy) is 1. The van der Waals surface area contributed by atoms with Crippen molar-refractivity contribution in [3.8, 4) is 16.2 Å². The van der Waals surface area contributed by atoms with Gasteiger partial charge < -0.3 is 14.4 Å². The van der Waals surface area contributed by atoms with E-state index in [0.717, 1.165) is 26.8 Å². The lowest BCUT2D eigenvalue weighted by atomic mass is 10.1. The number of hydrogen-bond acceptors (Lipinski definition) is 5. The van der Waals surface area contributed by atoms with Gasteiger partial charge in [0.25, 0.3) is 0 Å². The summed E-state index contributed by atoms with van der Waals surface area (Å²) in [6.45, 7) is 4.21. The zero-order valence-corrected chi connectivity index (χ0v) is 16.9. The van der Waals surface area contributed by atoms with Gasteiger partial charge in [-0.15, -0.1) is 11.3 Å². The summed E-state index contributed by atoms with van der Waals surface area (Å²) in [4.78, 5) is 12.4. The van der Waals surface area contributed by atoms with Crippen molar-refractivity contribution in [1.82, 2.24) is 0 Å². The molecule has 0 aliphatic heterocycles. The minimum absolute atomic E-state index is 0.0451. The van der Waals surface area contributed by atoms with E-state index in [1.807, 2.05) is 19.1 Å². The number of aryl methyl sites for hydroxylation is 1. The number of carboxylic acid groups (broad SMARTS) is 1. The van der Waals surface area contributed by atoms with E-state index >= 15 is 0 Å². The van der Waals surface area contributed by atoms with Crippen molar-refractivity contribution in [3.05, 3.63) is 65.0 Å². The Balaban J connectivity index is 2.11. The number of thiophene rings is 1. The minimum atomic E-state index is -2.69. The molecule has 0 radical (unpaired) electrons. The molecule has 0 saturated carbocycles. The van der Waals surface area contributed by atoms with E-state index in [1.54, 1.807) is 49.4 Å². The third kappa shape index (κ3) is 4.09. The molecule has 1 heterocycles. The average molecular weight is 417 g/mol. The summed E-state index contributed by atoms with van der Waals surface area (Å²) in [7, 11) is 0. The molecule has 6 nitrogen and oxygen atoms in total. The van der Waals surface area contributed by atoms with Crippen LogP contribution in [0.4, 0.5) is 11.4 Å². The maximum Gasteiger partial charge on any atom is 0.348 e. The van der Waals surface area contributed by atoms with Crippen LogP contribution < -0.4 is 9.04 Å². The van der Waals surface area contributed by atoms with E-state index < -0.39 is 17.2 Å². The summed E-state index contributed by atoms with van der Waals surface area (Å²) in [6, 6.07) is 15.7. The third-order valence-electron chi connectivity index (χ3n) is 4.06. The van der Waals surface area contributed by atoms with Gasteiger partial charge in [-0.3, -0.25) is 8.51 Å². The van der Waals surface area contributed by atoms with Gasteiger partial charge in [0.05, 0.1) is 29.2 Å². The molecule has 0 bridgehead atoms. The second-order valence-electron chi connectivity index (χ2n) is 5.89. The van der Waals surface area contributed by atoms with Crippen LogP contribution in [0, 0.1) is 6.92 Å². The van der Waals surface area contributed by atoms with Gasteiger partial charge in [0, 0.05) is 4.88 Å². The Morgan fingerprint density at radius 1 is 1.18 bits per heavy atom. The lowest BCUT2D eigenvalue weighted by molar-refractivity contribution is 0.0703. The van der Waals surface area contributed by atoms with Gasteiger partial charge in [0.2, 0.25) is 0 Å². The van der Waals surface area contributed by atoms with Crippen LogP contribution in [0.3, 0.4) is 0 Å². The van der Waals surface area contributed by atoms with Gasteiger partial charge >= 0.3 is 5.97 Å². The molecule has 0 spiro atoms. The summed E-state index contributed by atoms with van der Waals surface area (Å²) in [5.41, 5.74) is 2.03. The van der Waals surface area contributed by atoms with Gasteiger partial charge in [-0.1, -0.05) is 18.2 Å². The zero-order chi connectivity index (χ0) is 20.3. The van der Waals surface area contributed by atoms with E-state index in [2.05, 4.69) is 0 Å². The minimum Gasteiger partial charge on any atom is -0.755 e. The van der Waals surface area contributed by atoms with E-state index in [4.69, 9.17) is 4.74 Å². The second-order valence-corrected chi connectivity index (χ2v) is 7.74. The van der Waals surface area contributed by atoms with Crippen molar-refractivity contribution in [3.63, 3.8) is 0 Å². The highest BCUT2D eigenvalue weighted by atomic mass is 32.2. The van der Waals surface area contributed by atoms with Gasteiger partial charge in [0.1, 0.15) is 10.6 Å². The predicted octanol–water partition coefficient (Wildman–Crippen LogP) is 4.75. The number of para-hydroxylation sites is 1. The summed E-state index contributed by atoms with van der Waals surface area (Å²) >= 11 is -1.65. The first-order chi connectivity index (χ1) is 13.4. The monoisotopic (exact) mass is 416 g/mol. The maximum atomic E-state index is 12.0. The summed E-state index contributed by atoms with van der Waals surface area (Å²) in [5.74, 6) is -0.468. The van der Waals surface area contributed by atoms with Gasteiger partial charge in [-0.05, 0) is 61.4 Å². The molecule has 0 aliphatic carbocycles. The van der Waals surface area contributed by atoms with Gasteiger partial charge in [-0.2, -0.15) is 0 Å². The highest BCUT2D eigenvalue weighted by Crippen LogP contribution is 2.41. The van der Waals surface area contributed by atoms with Crippen molar-refractivity contribution >= 4 is 39.9 Å². The number of benzene rings is 2. The van der Waals surface area contributed by atoms with Crippen molar-refractivity contribution < 1.29 is 23.4 Å². The Kier molecular flexibility index (Phi) is 6.13. The number of anilines is 2.